The number of nitrogens with zero attached hydrogens (tertiary/aromatic N) is 3. The molecule has 2 aromatic carbocycles. The Morgan fingerprint density at radius 2 is 1.65 bits per heavy atom. The van der Waals surface area contributed by atoms with Crippen LogP contribution < -0.4 is 11.0 Å². The van der Waals surface area contributed by atoms with Crippen LogP contribution in [0.2, 0.25) is 0 Å². The van der Waals surface area contributed by atoms with Gasteiger partial charge in [-0.3, -0.25) is 9.36 Å². The molecule has 0 unspecified atom stereocenters. The number of fused-ring (bicyclic) bond motifs is 1. The van der Waals surface area contributed by atoms with Crippen molar-refractivity contribution in [2.75, 3.05) is 26.2 Å². The maximum Gasteiger partial charge on any atom is 0.343 e. The topological polar surface area (TPSA) is 93.4 Å². The number of carbonyl (C=O) groups excluding carboxylic acids is 1. The molecule has 3 aromatic rings. The summed E-state index contributed by atoms with van der Waals surface area (Å²) < 4.78 is 29.2. The first-order valence-corrected chi connectivity index (χ1v) is 12.3. The van der Waals surface area contributed by atoms with E-state index in [-0.39, 0.29) is 22.9 Å². The highest BCUT2D eigenvalue weighted by atomic mass is 79.9. The quantitative estimate of drug-likeness (QED) is 0.528. The third-order valence-corrected chi connectivity index (χ3v) is 7.63. The van der Waals surface area contributed by atoms with E-state index in [4.69, 9.17) is 0 Å². The van der Waals surface area contributed by atoms with Crippen LogP contribution in [-0.4, -0.2) is 53.9 Å². The van der Waals surface area contributed by atoms with Gasteiger partial charge in [0.25, 0.3) is 10.0 Å². The smallest absolute Gasteiger partial charge is 0.343 e. The zero-order chi connectivity index (χ0) is 22.0. The van der Waals surface area contributed by atoms with Gasteiger partial charge in [-0.2, -0.15) is 3.97 Å². The second-order valence-electron chi connectivity index (χ2n) is 7.48. The summed E-state index contributed by atoms with van der Waals surface area (Å²) in [5.74, 6) is -0.328. The number of nitrogens with one attached hydrogen (secondary N) is 1. The Hall–Kier alpha value is -2.43. The van der Waals surface area contributed by atoms with Gasteiger partial charge in [0.05, 0.1) is 15.9 Å². The van der Waals surface area contributed by atoms with Crippen molar-refractivity contribution in [2.24, 2.45) is 0 Å². The van der Waals surface area contributed by atoms with Crippen LogP contribution in [0.1, 0.15) is 12.8 Å². The first-order chi connectivity index (χ1) is 14.9. The van der Waals surface area contributed by atoms with Crippen LogP contribution >= 0.6 is 15.9 Å². The minimum Gasteiger partial charge on any atom is -0.353 e. The molecule has 1 aliphatic heterocycles. The summed E-state index contributed by atoms with van der Waals surface area (Å²) in [6.45, 7) is 3.08. The highest BCUT2D eigenvalue weighted by Crippen LogP contribution is 2.21. The number of carbonyl (C=O) groups is 1. The Morgan fingerprint density at radius 1 is 1.00 bits per heavy atom. The van der Waals surface area contributed by atoms with Gasteiger partial charge in [-0.1, -0.05) is 28.1 Å². The Kier molecular flexibility index (Phi) is 6.31. The molecule has 0 radical (unpaired) electrons. The number of aromatic nitrogens is 2. The fourth-order valence-corrected chi connectivity index (χ4v) is 5.51. The minimum atomic E-state index is -4.13. The molecular weight excluding hydrogens is 484 g/mol. The number of amides is 1. The van der Waals surface area contributed by atoms with Crippen LogP contribution in [0.3, 0.4) is 0 Å². The first kappa shape index (κ1) is 21.8. The molecule has 1 fully saturated rings. The molecular formula is C21H23BrN4O4S. The molecule has 10 heteroatoms. The van der Waals surface area contributed by atoms with Crippen LogP contribution in [0, 0.1) is 0 Å². The molecule has 164 valence electrons. The lowest BCUT2D eigenvalue weighted by molar-refractivity contribution is -0.121. The summed E-state index contributed by atoms with van der Waals surface area (Å²) >= 11 is 3.28. The highest BCUT2D eigenvalue weighted by Gasteiger charge is 2.26. The predicted molar refractivity (Wildman–Crippen MR) is 122 cm³/mol. The molecule has 1 amide bonds. The Labute approximate surface area is 188 Å². The fraction of sp³-hybridized carbons (Fsp3) is 0.333. The summed E-state index contributed by atoms with van der Waals surface area (Å²) in [7, 11) is -4.13. The van der Waals surface area contributed by atoms with Crippen molar-refractivity contribution in [2.45, 2.75) is 24.3 Å². The van der Waals surface area contributed by atoms with Crippen LogP contribution in [0.25, 0.3) is 11.0 Å². The largest absolute Gasteiger partial charge is 0.353 e. The van der Waals surface area contributed by atoms with Gasteiger partial charge >= 0.3 is 5.69 Å². The van der Waals surface area contributed by atoms with E-state index in [1.54, 1.807) is 36.4 Å². The van der Waals surface area contributed by atoms with Gasteiger partial charge in [0.1, 0.15) is 6.54 Å². The van der Waals surface area contributed by atoms with E-state index in [9.17, 15) is 18.0 Å². The number of rotatable bonds is 7. The molecule has 0 saturated carbocycles. The lowest BCUT2D eigenvalue weighted by Gasteiger charge is -2.14. The van der Waals surface area contributed by atoms with Crippen molar-refractivity contribution in [3.8, 4) is 0 Å². The average molecular weight is 507 g/mol. The standard InChI is InChI=1S/C21H23BrN4O4S/c22-16-7-9-17(10-8-16)31(29,30)26-19-6-2-1-5-18(19)25(21(26)28)15-20(27)23-11-14-24-12-3-4-13-24/h1-2,5-10H,3-4,11-15H2,(H,23,27). The number of para-hydroxylation sites is 2. The summed E-state index contributed by atoms with van der Waals surface area (Å²) in [6, 6.07) is 12.6. The van der Waals surface area contributed by atoms with E-state index in [0.717, 1.165) is 28.1 Å². The zero-order valence-electron chi connectivity index (χ0n) is 16.8. The van der Waals surface area contributed by atoms with E-state index in [0.29, 0.717) is 12.1 Å². The number of hydrogen-bond acceptors (Lipinski definition) is 5. The fourth-order valence-electron chi connectivity index (χ4n) is 3.84. The van der Waals surface area contributed by atoms with Gasteiger partial charge in [-0.25, -0.2) is 13.2 Å². The number of imidazole rings is 1. The summed E-state index contributed by atoms with van der Waals surface area (Å²) in [5.41, 5.74) is -0.137. The second-order valence-corrected chi connectivity index (χ2v) is 10.2. The van der Waals surface area contributed by atoms with E-state index in [1.807, 2.05) is 0 Å². The third kappa shape index (κ3) is 4.46. The van der Waals surface area contributed by atoms with E-state index in [2.05, 4.69) is 26.1 Å². The van der Waals surface area contributed by atoms with Crippen molar-refractivity contribution in [3.05, 3.63) is 63.5 Å². The highest BCUT2D eigenvalue weighted by molar-refractivity contribution is 9.10. The van der Waals surface area contributed by atoms with Gasteiger partial charge in [-0.15, -0.1) is 0 Å². The van der Waals surface area contributed by atoms with Crippen LogP contribution in [0.5, 0.6) is 0 Å². The average Bonchev–Trinajstić information content (AvgIpc) is 3.35. The lowest BCUT2D eigenvalue weighted by Crippen LogP contribution is -2.38. The summed E-state index contributed by atoms with van der Waals surface area (Å²) in [5, 5.41) is 2.83. The van der Waals surface area contributed by atoms with Crippen molar-refractivity contribution < 1.29 is 13.2 Å². The third-order valence-electron chi connectivity index (χ3n) is 5.40. The maximum atomic E-state index is 13.2. The van der Waals surface area contributed by atoms with Crippen LogP contribution in [0.4, 0.5) is 0 Å². The molecule has 2 heterocycles. The number of halogens is 1. The molecule has 1 N–H and O–H groups in total. The monoisotopic (exact) mass is 506 g/mol. The molecule has 1 aliphatic rings. The van der Waals surface area contributed by atoms with Gasteiger partial charge < -0.3 is 10.2 Å². The SMILES string of the molecule is O=C(Cn1c(=O)n(S(=O)(=O)c2ccc(Br)cc2)c2ccccc21)NCCN1CCCC1. The molecule has 1 aromatic heterocycles. The van der Waals surface area contributed by atoms with Crippen molar-refractivity contribution in [1.82, 2.24) is 18.8 Å². The van der Waals surface area contributed by atoms with Gasteiger partial charge in [0.15, 0.2) is 0 Å². The summed E-state index contributed by atoms with van der Waals surface area (Å²) in [4.78, 5) is 27.9. The van der Waals surface area contributed by atoms with E-state index >= 15 is 0 Å². The molecule has 1 saturated heterocycles. The Morgan fingerprint density at radius 3 is 2.32 bits per heavy atom. The van der Waals surface area contributed by atoms with Crippen LogP contribution in [-0.2, 0) is 21.4 Å². The number of hydrogen-bond donors (Lipinski definition) is 1. The molecule has 31 heavy (non-hydrogen) atoms. The van der Waals surface area contributed by atoms with Crippen molar-refractivity contribution in [1.29, 1.82) is 0 Å². The van der Waals surface area contributed by atoms with Gasteiger partial charge in [0.2, 0.25) is 5.91 Å². The summed E-state index contributed by atoms with van der Waals surface area (Å²) in [6.07, 6.45) is 2.35. The van der Waals surface area contributed by atoms with Crippen LogP contribution in [0.15, 0.2) is 62.7 Å². The molecule has 0 spiro atoms. The molecule has 0 atom stereocenters. The Balaban J connectivity index is 1.63. The number of benzene rings is 2. The minimum absolute atomic E-state index is 0.00392. The predicted octanol–water partition coefficient (Wildman–Crippen LogP) is 2.01. The lowest BCUT2D eigenvalue weighted by atomic mass is 10.3. The maximum absolute atomic E-state index is 13.2. The van der Waals surface area contributed by atoms with Crippen molar-refractivity contribution in [3.63, 3.8) is 0 Å². The Bertz CT molecular complexity index is 1260. The van der Waals surface area contributed by atoms with E-state index < -0.39 is 15.7 Å². The van der Waals surface area contributed by atoms with Gasteiger partial charge in [0, 0.05) is 17.6 Å². The molecule has 0 bridgehead atoms. The zero-order valence-corrected chi connectivity index (χ0v) is 19.2. The first-order valence-electron chi connectivity index (χ1n) is 10.1. The van der Waals surface area contributed by atoms with E-state index in [1.165, 1.54) is 29.5 Å². The normalized spacial score (nSPS) is 14.9. The molecule has 4 rings (SSSR count). The number of likely N-dealkylation sites (tertiary alicyclic amines) is 1. The second kappa shape index (κ2) is 8.97. The van der Waals surface area contributed by atoms with Gasteiger partial charge in [-0.05, 0) is 62.3 Å². The van der Waals surface area contributed by atoms with Crippen molar-refractivity contribution >= 4 is 42.9 Å². The molecule has 8 nitrogen and oxygen atoms in total. The molecule has 0 aliphatic carbocycles.